The summed E-state index contributed by atoms with van der Waals surface area (Å²) in [6.07, 6.45) is 0. The van der Waals surface area contributed by atoms with E-state index < -0.39 is 16.7 Å². The van der Waals surface area contributed by atoms with Crippen LogP contribution >= 0.6 is 0 Å². The second-order valence-electron chi connectivity index (χ2n) is 11.4. The van der Waals surface area contributed by atoms with Gasteiger partial charge in [0.2, 0.25) is 0 Å². The van der Waals surface area contributed by atoms with E-state index in [9.17, 15) is 9.59 Å². The first-order valence-corrected chi connectivity index (χ1v) is 12.7. The molecule has 0 aliphatic carbocycles. The molecular formula is C33H34IrN2O2. The van der Waals surface area contributed by atoms with Crippen LogP contribution in [0.2, 0.25) is 0 Å². The van der Waals surface area contributed by atoms with Gasteiger partial charge in [0.05, 0.1) is 22.8 Å². The smallest absolute Gasteiger partial charge is 0.154 e. The van der Waals surface area contributed by atoms with Crippen molar-refractivity contribution in [3.8, 4) is 33.8 Å². The summed E-state index contributed by atoms with van der Waals surface area (Å²) in [6, 6.07) is 29.4. The van der Waals surface area contributed by atoms with E-state index in [4.69, 9.17) is 9.97 Å². The molecule has 0 amide bonds. The van der Waals surface area contributed by atoms with Crippen LogP contribution in [0.1, 0.15) is 53.2 Å². The van der Waals surface area contributed by atoms with Gasteiger partial charge in [-0.2, -0.15) is 0 Å². The van der Waals surface area contributed by atoms with Crippen molar-refractivity contribution in [2.24, 2.45) is 10.8 Å². The standard InChI is InChI=1S/C33H34N2O2.Ir/c1-32(2,3)30(36)25(31(37)33(4,5)6)29-28(24-20-14-9-15-21-24)34-26(22-16-10-7-11-17-22)27(35-29)23-18-12-8-13-19-23;/h7-21,25H,1-6H3;. The van der Waals surface area contributed by atoms with Crippen LogP contribution in [0.15, 0.2) is 91.0 Å². The molecule has 0 fully saturated rings. The molecule has 5 heteroatoms. The number of ketones is 2. The maximum Gasteiger partial charge on any atom is 0.154 e. The zero-order chi connectivity index (χ0) is 26.8. The van der Waals surface area contributed by atoms with Gasteiger partial charge in [0.15, 0.2) is 11.6 Å². The molecule has 1 radical (unpaired) electrons. The van der Waals surface area contributed by atoms with Crippen LogP contribution in [0.5, 0.6) is 0 Å². The average molecular weight is 683 g/mol. The number of carbonyl (C=O) groups is 2. The van der Waals surface area contributed by atoms with E-state index in [1.165, 1.54) is 0 Å². The zero-order valence-corrected chi connectivity index (χ0v) is 25.2. The van der Waals surface area contributed by atoms with Gasteiger partial charge in [0, 0.05) is 47.6 Å². The molecule has 1 heterocycles. The van der Waals surface area contributed by atoms with Crippen molar-refractivity contribution in [3.05, 3.63) is 96.7 Å². The van der Waals surface area contributed by atoms with E-state index in [1.54, 1.807) is 0 Å². The van der Waals surface area contributed by atoms with E-state index in [0.717, 1.165) is 16.7 Å². The SMILES string of the molecule is CC(C)(C)C(=O)C(C(=O)C(C)(C)C)c1nc(-c2ccccc2)c(-c2ccccc2)nc1-c1ccccc1.[Ir]. The molecule has 0 aliphatic heterocycles. The van der Waals surface area contributed by atoms with E-state index >= 15 is 0 Å². The van der Waals surface area contributed by atoms with E-state index in [1.807, 2.05) is 133 Å². The Morgan fingerprint density at radius 2 is 0.842 bits per heavy atom. The molecular weight excluding hydrogens is 649 g/mol. The average Bonchev–Trinajstić information content (AvgIpc) is 2.89. The summed E-state index contributed by atoms with van der Waals surface area (Å²) in [7, 11) is 0. The first-order valence-electron chi connectivity index (χ1n) is 12.7. The third kappa shape index (κ3) is 6.23. The molecule has 0 N–H and O–H groups in total. The second kappa shape index (κ2) is 11.6. The van der Waals surface area contributed by atoms with Gasteiger partial charge in [-0.1, -0.05) is 133 Å². The van der Waals surface area contributed by atoms with Gasteiger partial charge in [0.25, 0.3) is 0 Å². The number of hydrogen-bond donors (Lipinski definition) is 0. The fourth-order valence-corrected chi connectivity index (χ4v) is 4.29. The number of nitrogens with zero attached hydrogens (tertiary/aromatic N) is 2. The number of Topliss-reactive ketones (excluding diaryl/α,β-unsaturated/α-hetero) is 2. The molecule has 0 aliphatic rings. The Labute approximate surface area is 239 Å². The predicted molar refractivity (Wildman–Crippen MR) is 150 cm³/mol. The minimum absolute atomic E-state index is 0. The fourth-order valence-electron chi connectivity index (χ4n) is 4.29. The van der Waals surface area contributed by atoms with Crippen LogP contribution in [0.25, 0.3) is 33.8 Å². The minimum Gasteiger partial charge on any atom is -0.298 e. The van der Waals surface area contributed by atoms with Crippen molar-refractivity contribution in [2.75, 3.05) is 0 Å². The molecule has 0 unspecified atom stereocenters. The fraction of sp³-hybridized carbons (Fsp3) is 0.273. The third-order valence-corrected chi connectivity index (χ3v) is 6.34. The van der Waals surface area contributed by atoms with Crippen molar-refractivity contribution < 1.29 is 29.7 Å². The number of benzene rings is 3. The Bertz CT molecular complexity index is 1380. The van der Waals surface area contributed by atoms with Crippen molar-refractivity contribution in [1.82, 2.24) is 9.97 Å². The largest absolute Gasteiger partial charge is 0.298 e. The van der Waals surface area contributed by atoms with E-state index in [0.29, 0.717) is 22.8 Å². The minimum atomic E-state index is -1.05. The summed E-state index contributed by atoms with van der Waals surface area (Å²) in [5.74, 6) is -1.37. The van der Waals surface area contributed by atoms with Crippen LogP contribution in [0, 0.1) is 10.8 Å². The molecule has 4 rings (SSSR count). The van der Waals surface area contributed by atoms with Gasteiger partial charge in [-0.05, 0) is 0 Å². The Hall–Kier alpha value is -3.27. The molecule has 197 valence electrons. The van der Waals surface area contributed by atoms with E-state index in [2.05, 4.69) is 0 Å². The first kappa shape index (κ1) is 29.3. The summed E-state index contributed by atoms with van der Waals surface area (Å²) in [5, 5.41) is 0. The monoisotopic (exact) mass is 683 g/mol. The van der Waals surface area contributed by atoms with Crippen LogP contribution < -0.4 is 0 Å². The molecule has 0 spiro atoms. The molecule has 3 aromatic carbocycles. The predicted octanol–water partition coefficient (Wildman–Crippen LogP) is 7.79. The molecule has 4 aromatic rings. The van der Waals surface area contributed by atoms with Crippen LogP contribution in [-0.2, 0) is 29.7 Å². The summed E-state index contributed by atoms with van der Waals surface area (Å²) >= 11 is 0. The maximum atomic E-state index is 14.0. The number of carbonyl (C=O) groups excluding carboxylic acids is 2. The normalized spacial score (nSPS) is 11.7. The van der Waals surface area contributed by atoms with Gasteiger partial charge in [-0.3, -0.25) is 9.59 Å². The maximum absolute atomic E-state index is 14.0. The summed E-state index contributed by atoms with van der Waals surface area (Å²) < 4.78 is 0. The molecule has 1 aromatic heterocycles. The molecule has 0 saturated carbocycles. The van der Waals surface area contributed by atoms with Crippen molar-refractivity contribution in [2.45, 2.75) is 47.5 Å². The summed E-state index contributed by atoms with van der Waals surface area (Å²) in [5.41, 5.74) is 3.44. The van der Waals surface area contributed by atoms with Gasteiger partial charge < -0.3 is 0 Å². The Balaban J connectivity index is 0.00000400. The summed E-state index contributed by atoms with van der Waals surface area (Å²) in [4.78, 5) is 38.2. The van der Waals surface area contributed by atoms with Gasteiger partial charge in [-0.15, -0.1) is 0 Å². The summed E-state index contributed by atoms with van der Waals surface area (Å²) in [6.45, 7) is 11.1. The Kier molecular flexibility index (Phi) is 8.97. The molecule has 0 saturated heterocycles. The van der Waals surface area contributed by atoms with E-state index in [-0.39, 0.29) is 31.7 Å². The third-order valence-electron chi connectivity index (χ3n) is 6.34. The van der Waals surface area contributed by atoms with Crippen molar-refractivity contribution in [1.29, 1.82) is 0 Å². The van der Waals surface area contributed by atoms with Gasteiger partial charge in [-0.25, -0.2) is 9.97 Å². The number of rotatable bonds is 6. The first-order chi connectivity index (χ1) is 17.5. The molecule has 0 atom stereocenters. The molecule has 4 nitrogen and oxygen atoms in total. The molecule has 38 heavy (non-hydrogen) atoms. The van der Waals surface area contributed by atoms with Gasteiger partial charge >= 0.3 is 0 Å². The molecule has 0 bridgehead atoms. The quantitative estimate of drug-likeness (QED) is 0.195. The van der Waals surface area contributed by atoms with Gasteiger partial charge in [0.1, 0.15) is 5.92 Å². The topological polar surface area (TPSA) is 59.9 Å². The van der Waals surface area contributed by atoms with Crippen LogP contribution in [0.3, 0.4) is 0 Å². The number of aromatic nitrogens is 2. The van der Waals surface area contributed by atoms with Crippen molar-refractivity contribution in [3.63, 3.8) is 0 Å². The van der Waals surface area contributed by atoms with Crippen molar-refractivity contribution >= 4 is 11.6 Å². The zero-order valence-electron chi connectivity index (χ0n) is 22.8. The second-order valence-corrected chi connectivity index (χ2v) is 11.4. The Morgan fingerprint density at radius 1 is 0.526 bits per heavy atom. The number of hydrogen-bond acceptors (Lipinski definition) is 4. The van der Waals surface area contributed by atoms with Crippen LogP contribution in [0.4, 0.5) is 0 Å². The Morgan fingerprint density at radius 3 is 1.18 bits per heavy atom. The van der Waals surface area contributed by atoms with Crippen LogP contribution in [-0.4, -0.2) is 21.5 Å².